The zero-order valence-corrected chi connectivity index (χ0v) is 31.9. The Morgan fingerprint density at radius 1 is 0.397 bits per heavy atom. The Bertz CT molecular complexity index is 3280. The van der Waals surface area contributed by atoms with E-state index in [1.54, 1.807) is 0 Å². The molecule has 3 heterocycles. The Morgan fingerprint density at radius 3 is 1.71 bits per heavy atom. The Labute approximate surface area is 336 Å². The summed E-state index contributed by atoms with van der Waals surface area (Å²) in [6, 6.07) is 67.6. The van der Waals surface area contributed by atoms with Gasteiger partial charge in [-0.05, 0) is 71.8 Å². The van der Waals surface area contributed by atoms with Gasteiger partial charge in [0.2, 0.25) is 0 Å². The summed E-state index contributed by atoms with van der Waals surface area (Å²) in [7, 11) is -2.88. The van der Waals surface area contributed by atoms with Crippen molar-refractivity contribution in [2.45, 2.75) is 9.79 Å². The highest BCUT2D eigenvalue weighted by Crippen LogP contribution is 2.46. The minimum absolute atomic E-state index is 0.607. The molecule has 0 radical (unpaired) electrons. The molecule has 0 saturated heterocycles. The molecule has 11 rings (SSSR count). The lowest BCUT2D eigenvalue weighted by atomic mass is 9.97. The smallest absolute Gasteiger partial charge is 0.164 e. The van der Waals surface area contributed by atoms with Crippen LogP contribution in [0.5, 0.6) is 0 Å². The van der Waals surface area contributed by atoms with E-state index in [4.69, 9.17) is 19.3 Å². The molecule has 1 atom stereocenters. The third-order valence-corrected chi connectivity index (χ3v) is 13.1. The van der Waals surface area contributed by atoms with E-state index in [-0.39, 0.29) is 0 Å². The second kappa shape index (κ2) is 13.6. The van der Waals surface area contributed by atoms with Crippen molar-refractivity contribution < 1.29 is 4.21 Å². The van der Waals surface area contributed by atoms with Crippen LogP contribution in [0.2, 0.25) is 0 Å². The number of aromatic nitrogens is 4. The van der Waals surface area contributed by atoms with Crippen molar-refractivity contribution >= 4 is 37.2 Å². The minimum atomic E-state index is -2.88. The minimum Gasteiger partial charge on any atom is -0.309 e. The fourth-order valence-corrected chi connectivity index (χ4v) is 10.2. The number of benzene rings is 8. The first-order valence-electron chi connectivity index (χ1n) is 19.2. The van der Waals surface area contributed by atoms with E-state index in [0.717, 1.165) is 77.0 Å². The predicted molar refractivity (Wildman–Crippen MR) is 235 cm³/mol. The lowest BCUT2D eigenvalue weighted by Crippen LogP contribution is -2.07. The van der Waals surface area contributed by atoms with Crippen LogP contribution in [0.15, 0.2) is 214 Å². The van der Waals surface area contributed by atoms with Gasteiger partial charge in [0.05, 0.1) is 26.5 Å². The standard InChI is InChI=1S/C51H33N5OS/c57-58(40-21-8-3-9-22-40)48-30-28-37(33-44(48)41-23-10-12-25-45(41)55-58)36-27-29-47-43(32-36)42-24-11-13-26-46(42)56(47)39-20-14-19-38(31-39)51-53-49(34-15-4-1-5-16-34)52-50(54-51)35-17-6-2-7-18-35/h1-33H. The van der Waals surface area contributed by atoms with Gasteiger partial charge in [0.25, 0.3) is 0 Å². The normalized spacial score (nSPS) is 14.5. The molecular formula is C51H33N5OS. The maximum atomic E-state index is 14.8. The molecule has 8 aromatic carbocycles. The highest BCUT2D eigenvalue weighted by atomic mass is 32.2. The van der Waals surface area contributed by atoms with Gasteiger partial charge in [0.1, 0.15) is 9.73 Å². The molecule has 0 fully saturated rings. The van der Waals surface area contributed by atoms with Gasteiger partial charge in [0.15, 0.2) is 17.5 Å². The van der Waals surface area contributed by atoms with Crippen LogP contribution in [0.1, 0.15) is 0 Å². The van der Waals surface area contributed by atoms with Crippen molar-refractivity contribution in [1.82, 2.24) is 19.5 Å². The van der Waals surface area contributed by atoms with Crippen LogP contribution in [0.4, 0.5) is 5.69 Å². The second-order valence-corrected chi connectivity index (χ2v) is 16.5. The van der Waals surface area contributed by atoms with Gasteiger partial charge in [-0.3, -0.25) is 0 Å². The second-order valence-electron chi connectivity index (χ2n) is 14.3. The van der Waals surface area contributed by atoms with Crippen LogP contribution in [0.25, 0.3) is 83.9 Å². The molecule has 0 N–H and O–H groups in total. The van der Waals surface area contributed by atoms with Crippen LogP contribution in [-0.2, 0) is 9.73 Å². The van der Waals surface area contributed by atoms with E-state index in [9.17, 15) is 4.21 Å². The zero-order chi connectivity index (χ0) is 38.6. The summed E-state index contributed by atoms with van der Waals surface area (Å²) >= 11 is 0. The van der Waals surface area contributed by atoms with E-state index in [1.165, 1.54) is 0 Å². The summed E-state index contributed by atoms with van der Waals surface area (Å²) in [6.07, 6.45) is 0. The Kier molecular flexibility index (Phi) is 7.94. The topological polar surface area (TPSA) is 73.0 Å². The first kappa shape index (κ1) is 33.8. The number of nitrogens with zero attached hydrogens (tertiary/aromatic N) is 5. The number of hydrogen-bond acceptors (Lipinski definition) is 5. The van der Waals surface area contributed by atoms with E-state index < -0.39 is 9.73 Å². The number of para-hydroxylation sites is 1. The van der Waals surface area contributed by atoms with Gasteiger partial charge < -0.3 is 4.57 Å². The molecule has 1 unspecified atom stereocenters. The van der Waals surface area contributed by atoms with Gasteiger partial charge >= 0.3 is 0 Å². The monoisotopic (exact) mass is 763 g/mol. The molecule has 1 aliphatic heterocycles. The van der Waals surface area contributed by atoms with Gasteiger partial charge in [-0.25, -0.2) is 19.2 Å². The van der Waals surface area contributed by atoms with E-state index in [1.807, 2.05) is 115 Å². The molecule has 7 heteroatoms. The molecule has 10 aromatic rings. The number of fused-ring (bicyclic) bond motifs is 6. The van der Waals surface area contributed by atoms with Crippen LogP contribution in [-0.4, -0.2) is 23.7 Å². The predicted octanol–water partition coefficient (Wildman–Crippen LogP) is 12.8. The lowest BCUT2D eigenvalue weighted by Gasteiger charge is -2.22. The zero-order valence-electron chi connectivity index (χ0n) is 31.1. The average Bonchev–Trinajstić information content (AvgIpc) is 3.63. The van der Waals surface area contributed by atoms with Gasteiger partial charge in [-0.15, -0.1) is 0 Å². The van der Waals surface area contributed by atoms with Crippen molar-refractivity contribution in [1.29, 1.82) is 0 Å². The van der Waals surface area contributed by atoms with Crippen LogP contribution < -0.4 is 0 Å². The van der Waals surface area contributed by atoms with Crippen molar-refractivity contribution in [3.63, 3.8) is 0 Å². The summed E-state index contributed by atoms with van der Waals surface area (Å²) in [4.78, 5) is 16.4. The van der Waals surface area contributed by atoms with Crippen molar-refractivity contribution in [3.8, 4) is 62.1 Å². The van der Waals surface area contributed by atoms with Crippen LogP contribution in [0.3, 0.4) is 0 Å². The fourth-order valence-electron chi connectivity index (χ4n) is 8.07. The maximum Gasteiger partial charge on any atom is 0.164 e. The highest BCUT2D eigenvalue weighted by molar-refractivity contribution is 7.94. The van der Waals surface area contributed by atoms with Gasteiger partial charge in [0, 0.05) is 44.3 Å². The first-order chi connectivity index (χ1) is 28.6. The molecule has 274 valence electrons. The molecule has 6 nitrogen and oxygen atoms in total. The molecular weight excluding hydrogens is 731 g/mol. The summed E-state index contributed by atoms with van der Waals surface area (Å²) < 4.78 is 22.0. The molecule has 0 bridgehead atoms. The van der Waals surface area contributed by atoms with Crippen LogP contribution >= 0.6 is 0 Å². The molecule has 2 aromatic heterocycles. The largest absolute Gasteiger partial charge is 0.309 e. The van der Waals surface area contributed by atoms with Gasteiger partial charge in [-0.2, -0.15) is 4.36 Å². The third-order valence-electron chi connectivity index (χ3n) is 10.8. The summed E-state index contributed by atoms with van der Waals surface area (Å²) in [6.45, 7) is 0. The third kappa shape index (κ3) is 5.63. The fraction of sp³-hybridized carbons (Fsp3) is 0. The lowest BCUT2D eigenvalue weighted by molar-refractivity contribution is 0.676. The van der Waals surface area contributed by atoms with E-state index >= 15 is 0 Å². The Morgan fingerprint density at radius 2 is 0.966 bits per heavy atom. The Hall–Kier alpha value is -7.48. The molecule has 0 saturated carbocycles. The van der Waals surface area contributed by atoms with Crippen LogP contribution in [0, 0.1) is 0 Å². The number of hydrogen-bond donors (Lipinski definition) is 0. The van der Waals surface area contributed by atoms with E-state index in [0.29, 0.717) is 22.4 Å². The molecule has 0 aliphatic carbocycles. The summed E-state index contributed by atoms with van der Waals surface area (Å²) in [5, 5.41) is 2.29. The van der Waals surface area contributed by atoms with E-state index in [2.05, 4.69) is 89.5 Å². The molecule has 1 aliphatic rings. The molecule has 0 spiro atoms. The Balaban J connectivity index is 1.04. The SMILES string of the molecule is O=S1(c2ccccc2)=Nc2ccccc2-c2cc(-c3ccc4c(c3)c3ccccc3n4-c3cccc(-c4nc(-c5ccccc5)nc(-c5ccccc5)n4)c3)ccc21. The maximum absolute atomic E-state index is 14.8. The highest BCUT2D eigenvalue weighted by Gasteiger charge is 2.27. The summed E-state index contributed by atoms with van der Waals surface area (Å²) in [5.74, 6) is 1.86. The molecule has 58 heavy (non-hydrogen) atoms. The van der Waals surface area contributed by atoms with Gasteiger partial charge in [-0.1, -0.05) is 140 Å². The average molecular weight is 764 g/mol. The van der Waals surface area contributed by atoms with Crippen molar-refractivity contribution in [3.05, 3.63) is 200 Å². The number of rotatable bonds is 6. The molecule has 0 amide bonds. The quantitative estimate of drug-likeness (QED) is 0.169. The van der Waals surface area contributed by atoms with Crippen molar-refractivity contribution in [2.75, 3.05) is 0 Å². The first-order valence-corrected chi connectivity index (χ1v) is 20.7. The van der Waals surface area contributed by atoms with Crippen molar-refractivity contribution in [2.24, 2.45) is 4.36 Å². The summed E-state index contributed by atoms with van der Waals surface area (Å²) in [5.41, 5.74) is 10.7.